The van der Waals surface area contributed by atoms with Crippen molar-refractivity contribution in [2.45, 2.75) is 46.5 Å². The molecule has 6 nitrogen and oxygen atoms in total. The summed E-state index contributed by atoms with van der Waals surface area (Å²) in [5.74, 6) is 1.91. The van der Waals surface area contributed by atoms with Crippen LogP contribution in [-0.2, 0) is 9.59 Å². The molecular weight excluding hydrogens is 340 g/mol. The van der Waals surface area contributed by atoms with Gasteiger partial charge in [0.1, 0.15) is 0 Å². The van der Waals surface area contributed by atoms with Crippen molar-refractivity contribution >= 4 is 17.8 Å². The van der Waals surface area contributed by atoms with Crippen molar-refractivity contribution in [1.29, 1.82) is 0 Å². The van der Waals surface area contributed by atoms with Gasteiger partial charge in [0.05, 0.1) is 11.8 Å². The topological polar surface area (TPSA) is 73.8 Å². The Morgan fingerprint density at radius 2 is 1.81 bits per heavy atom. The van der Waals surface area contributed by atoms with E-state index in [4.69, 9.17) is 0 Å². The first kappa shape index (κ1) is 19.9. The van der Waals surface area contributed by atoms with E-state index in [2.05, 4.69) is 41.6 Å². The quantitative estimate of drug-likeness (QED) is 0.213. The molecule has 150 valence electrons. The average Bonchev–Trinajstić information content (AvgIpc) is 3.30. The number of guanidine groups is 1. The molecule has 27 heavy (non-hydrogen) atoms. The molecule has 2 N–H and O–H groups in total. The van der Waals surface area contributed by atoms with Gasteiger partial charge >= 0.3 is 0 Å². The van der Waals surface area contributed by atoms with Gasteiger partial charge in [0.15, 0.2) is 5.96 Å². The molecule has 2 aliphatic carbocycles. The SMILES string of the molecule is CCNC(=NCCCCC(C)C)NCCN1C(=O)C2C3C=CC(C3)C2C1=O. The monoisotopic (exact) mass is 374 g/mol. The van der Waals surface area contributed by atoms with Crippen molar-refractivity contribution < 1.29 is 9.59 Å². The Bertz CT molecular complexity index is 583. The Hall–Kier alpha value is -1.85. The zero-order chi connectivity index (χ0) is 19.4. The Kier molecular flexibility index (Phi) is 6.55. The Morgan fingerprint density at radius 3 is 2.41 bits per heavy atom. The lowest BCUT2D eigenvalue weighted by molar-refractivity contribution is -0.140. The van der Waals surface area contributed by atoms with Crippen LogP contribution in [0.1, 0.15) is 46.5 Å². The molecule has 6 heteroatoms. The maximum Gasteiger partial charge on any atom is 0.233 e. The van der Waals surface area contributed by atoms with Gasteiger partial charge in [-0.05, 0) is 37.5 Å². The summed E-state index contributed by atoms with van der Waals surface area (Å²) in [6, 6.07) is 0. The molecule has 0 aromatic rings. The lowest BCUT2D eigenvalue weighted by atomic mass is 9.85. The number of hydrogen-bond acceptors (Lipinski definition) is 3. The van der Waals surface area contributed by atoms with Crippen LogP contribution in [0.25, 0.3) is 0 Å². The minimum atomic E-state index is -0.102. The highest BCUT2D eigenvalue weighted by molar-refractivity contribution is 6.06. The van der Waals surface area contributed by atoms with Crippen molar-refractivity contribution in [3.05, 3.63) is 12.2 Å². The standard InChI is InChI=1S/C21H34N4O2/c1-4-22-21(23-10-6-5-7-14(2)3)24-11-12-25-19(26)17-15-8-9-16(13-15)18(17)20(25)27/h8-9,14-18H,4-7,10-13H2,1-3H3,(H2,22,23,24). The van der Waals surface area contributed by atoms with E-state index < -0.39 is 0 Å². The first-order chi connectivity index (χ1) is 13.0. The first-order valence-corrected chi connectivity index (χ1v) is 10.6. The molecule has 1 saturated carbocycles. The lowest BCUT2D eigenvalue weighted by Crippen LogP contribution is -2.43. The van der Waals surface area contributed by atoms with Gasteiger partial charge in [-0.3, -0.25) is 19.5 Å². The first-order valence-electron chi connectivity index (χ1n) is 10.6. The van der Waals surface area contributed by atoms with Crippen molar-refractivity contribution in [2.75, 3.05) is 26.2 Å². The van der Waals surface area contributed by atoms with Crippen LogP contribution in [0.5, 0.6) is 0 Å². The number of nitrogens with zero attached hydrogens (tertiary/aromatic N) is 2. The average molecular weight is 375 g/mol. The number of unbranched alkanes of at least 4 members (excludes halogenated alkanes) is 1. The van der Waals surface area contributed by atoms with Crippen LogP contribution in [0.3, 0.4) is 0 Å². The van der Waals surface area contributed by atoms with Crippen LogP contribution >= 0.6 is 0 Å². The van der Waals surface area contributed by atoms with Crippen molar-refractivity contribution in [3.63, 3.8) is 0 Å². The Balaban J connectivity index is 1.45. The molecule has 0 radical (unpaired) electrons. The van der Waals surface area contributed by atoms with E-state index in [0.717, 1.165) is 37.8 Å². The predicted octanol–water partition coefficient (Wildman–Crippen LogP) is 2.17. The van der Waals surface area contributed by atoms with Gasteiger partial charge in [-0.25, -0.2) is 0 Å². The van der Waals surface area contributed by atoms with Gasteiger partial charge in [-0.15, -0.1) is 0 Å². The van der Waals surface area contributed by atoms with Gasteiger partial charge in [0.2, 0.25) is 11.8 Å². The molecule has 1 heterocycles. The molecule has 0 aromatic carbocycles. The Labute approximate surface area is 162 Å². The van der Waals surface area contributed by atoms with Crippen molar-refractivity contribution in [3.8, 4) is 0 Å². The second-order valence-corrected chi connectivity index (χ2v) is 8.41. The molecule has 2 fully saturated rings. The van der Waals surface area contributed by atoms with Crippen molar-refractivity contribution in [1.82, 2.24) is 15.5 Å². The molecular formula is C21H34N4O2. The third kappa shape index (κ3) is 4.36. The predicted molar refractivity (Wildman–Crippen MR) is 107 cm³/mol. The van der Waals surface area contributed by atoms with Gasteiger partial charge < -0.3 is 10.6 Å². The van der Waals surface area contributed by atoms with E-state index >= 15 is 0 Å². The van der Waals surface area contributed by atoms with E-state index in [1.54, 1.807) is 0 Å². The number of rotatable bonds is 9. The molecule has 3 rings (SSSR count). The smallest absolute Gasteiger partial charge is 0.233 e. The number of fused-ring (bicyclic) bond motifs is 5. The summed E-state index contributed by atoms with van der Waals surface area (Å²) in [4.78, 5) is 31.4. The summed E-state index contributed by atoms with van der Waals surface area (Å²) < 4.78 is 0. The molecule has 2 amide bonds. The number of nitrogens with one attached hydrogen (secondary N) is 2. The third-order valence-electron chi connectivity index (χ3n) is 5.99. The molecule has 0 spiro atoms. The fourth-order valence-corrected chi connectivity index (χ4v) is 4.67. The number of aliphatic imine (C=N–C) groups is 1. The minimum Gasteiger partial charge on any atom is -0.357 e. The highest BCUT2D eigenvalue weighted by Crippen LogP contribution is 2.52. The number of carbonyl (C=O) groups is 2. The minimum absolute atomic E-state index is 0.0271. The van der Waals surface area contributed by atoms with Crippen LogP contribution in [0.4, 0.5) is 0 Å². The Morgan fingerprint density at radius 1 is 1.15 bits per heavy atom. The van der Waals surface area contributed by atoms with Crippen LogP contribution in [0.2, 0.25) is 0 Å². The molecule has 3 aliphatic rings. The highest BCUT2D eigenvalue weighted by atomic mass is 16.2. The van der Waals surface area contributed by atoms with E-state index in [1.807, 2.05) is 6.92 Å². The largest absolute Gasteiger partial charge is 0.357 e. The molecule has 4 unspecified atom stereocenters. The number of imide groups is 1. The van der Waals surface area contributed by atoms with Gasteiger partial charge in [0, 0.05) is 26.2 Å². The normalized spacial score (nSPS) is 29.2. The van der Waals surface area contributed by atoms with E-state index in [1.165, 1.54) is 17.7 Å². The number of likely N-dealkylation sites (tertiary alicyclic amines) is 1. The number of amides is 2. The lowest BCUT2D eigenvalue weighted by Gasteiger charge is -2.18. The third-order valence-corrected chi connectivity index (χ3v) is 5.99. The number of allylic oxidation sites excluding steroid dienone is 2. The molecule has 0 aromatic heterocycles. The zero-order valence-electron chi connectivity index (χ0n) is 16.9. The fraction of sp³-hybridized carbons (Fsp3) is 0.762. The fourth-order valence-electron chi connectivity index (χ4n) is 4.67. The number of carbonyl (C=O) groups excluding carboxylic acids is 2. The van der Waals surface area contributed by atoms with Gasteiger partial charge in [0.25, 0.3) is 0 Å². The maximum absolute atomic E-state index is 12.7. The van der Waals surface area contributed by atoms with E-state index in [0.29, 0.717) is 13.1 Å². The van der Waals surface area contributed by atoms with Crippen LogP contribution in [-0.4, -0.2) is 48.9 Å². The van der Waals surface area contributed by atoms with E-state index in [9.17, 15) is 9.59 Å². The van der Waals surface area contributed by atoms with Crippen molar-refractivity contribution in [2.24, 2.45) is 34.6 Å². The van der Waals surface area contributed by atoms with E-state index in [-0.39, 0.29) is 35.5 Å². The molecule has 4 atom stereocenters. The molecule has 2 bridgehead atoms. The van der Waals surface area contributed by atoms with Crippen LogP contribution in [0, 0.1) is 29.6 Å². The zero-order valence-corrected chi connectivity index (χ0v) is 16.9. The summed E-state index contributed by atoms with van der Waals surface area (Å²) in [7, 11) is 0. The molecule has 1 aliphatic heterocycles. The van der Waals surface area contributed by atoms with Gasteiger partial charge in [-0.1, -0.05) is 38.8 Å². The summed E-state index contributed by atoms with van der Waals surface area (Å²) in [5, 5.41) is 6.50. The maximum atomic E-state index is 12.7. The summed E-state index contributed by atoms with van der Waals surface area (Å²) in [5.41, 5.74) is 0. The van der Waals surface area contributed by atoms with Crippen LogP contribution in [0.15, 0.2) is 17.1 Å². The number of hydrogen-bond donors (Lipinski definition) is 2. The second-order valence-electron chi connectivity index (χ2n) is 8.41. The highest BCUT2D eigenvalue weighted by Gasteiger charge is 2.58. The second kappa shape index (κ2) is 8.89. The van der Waals surface area contributed by atoms with Crippen LogP contribution < -0.4 is 10.6 Å². The van der Waals surface area contributed by atoms with Gasteiger partial charge in [-0.2, -0.15) is 0 Å². The summed E-state index contributed by atoms with van der Waals surface area (Å²) >= 11 is 0. The summed E-state index contributed by atoms with van der Waals surface area (Å²) in [6.45, 7) is 9.06. The summed E-state index contributed by atoms with van der Waals surface area (Å²) in [6.07, 6.45) is 8.75. The molecule has 1 saturated heterocycles.